The first-order valence-corrected chi connectivity index (χ1v) is 9.22. The molecule has 1 fully saturated rings. The van der Waals surface area contributed by atoms with Gasteiger partial charge in [-0.1, -0.05) is 26.0 Å². The average molecular weight is 353 g/mol. The summed E-state index contributed by atoms with van der Waals surface area (Å²) in [4.78, 5) is 25.3. The molecule has 1 N–H and O–H groups in total. The van der Waals surface area contributed by atoms with Crippen LogP contribution < -0.4 is 10.2 Å². The molecule has 3 rings (SSSR count). The van der Waals surface area contributed by atoms with Gasteiger partial charge in [0, 0.05) is 44.3 Å². The molecule has 6 heteroatoms. The van der Waals surface area contributed by atoms with Gasteiger partial charge in [0.1, 0.15) is 6.04 Å². The fraction of sp³-hybridized carbons (Fsp3) is 0.450. The summed E-state index contributed by atoms with van der Waals surface area (Å²) < 4.78 is 0. The van der Waals surface area contributed by atoms with Crippen molar-refractivity contribution in [3.05, 3.63) is 48.3 Å². The van der Waals surface area contributed by atoms with Crippen LogP contribution in [0.5, 0.6) is 0 Å². The highest BCUT2D eigenvalue weighted by molar-refractivity contribution is 5.84. The van der Waals surface area contributed by atoms with Gasteiger partial charge in [-0.05, 0) is 36.6 Å². The zero-order valence-electron chi connectivity index (χ0n) is 15.7. The lowest BCUT2D eigenvalue weighted by Gasteiger charge is -2.36. The van der Waals surface area contributed by atoms with E-state index in [0.717, 1.165) is 24.7 Å². The van der Waals surface area contributed by atoms with E-state index >= 15 is 0 Å². The van der Waals surface area contributed by atoms with Crippen molar-refractivity contribution in [2.24, 2.45) is 0 Å². The minimum absolute atomic E-state index is 0.131. The van der Waals surface area contributed by atoms with Gasteiger partial charge in [0.2, 0.25) is 11.9 Å². The van der Waals surface area contributed by atoms with E-state index in [1.165, 1.54) is 5.56 Å². The van der Waals surface area contributed by atoms with Crippen molar-refractivity contribution in [2.75, 3.05) is 36.4 Å². The first-order chi connectivity index (χ1) is 12.5. The minimum atomic E-state index is -0.251. The maximum Gasteiger partial charge on any atom is 0.244 e. The van der Waals surface area contributed by atoms with Crippen LogP contribution in [0.3, 0.4) is 0 Å². The number of hydrogen-bond acceptors (Lipinski definition) is 5. The number of anilines is 2. The lowest BCUT2D eigenvalue weighted by Crippen LogP contribution is -2.52. The van der Waals surface area contributed by atoms with E-state index in [2.05, 4.69) is 46.2 Å². The predicted molar refractivity (Wildman–Crippen MR) is 104 cm³/mol. The van der Waals surface area contributed by atoms with Crippen LogP contribution in [0.25, 0.3) is 0 Å². The van der Waals surface area contributed by atoms with E-state index in [-0.39, 0.29) is 11.9 Å². The molecule has 6 nitrogen and oxygen atoms in total. The van der Waals surface area contributed by atoms with Crippen LogP contribution in [0.15, 0.2) is 42.7 Å². The van der Waals surface area contributed by atoms with Crippen molar-refractivity contribution < 1.29 is 4.79 Å². The Labute approximate surface area is 155 Å². The highest BCUT2D eigenvalue weighted by Crippen LogP contribution is 2.18. The van der Waals surface area contributed by atoms with Crippen molar-refractivity contribution in [2.45, 2.75) is 32.7 Å². The second kappa shape index (κ2) is 8.17. The topological polar surface area (TPSA) is 61.4 Å². The molecule has 2 heterocycles. The lowest BCUT2D eigenvalue weighted by molar-refractivity contribution is -0.131. The maximum absolute atomic E-state index is 12.7. The van der Waals surface area contributed by atoms with Gasteiger partial charge in [-0.25, -0.2) is 9.97 Å². The third-order valence-corrected chi connectivity index (χ3v) is 4.76. The van der Waals surface area contributed by atoms with E-state index in [4.69, 9.17) is 0 Å². The highest BCUT2D eigenvalue weighted by Gasteiger charge is 2.25. The number of nitrogens with zero attached hydrogens (tertiary/aromatic N) is 4. The smallest absolute Gasteiger partial charge is 0.244 e. The Hall–Kier alpha value is -2.63. The van der Waals surface area contributed by atoms with E-state index in [1.54, 1.807) is 12.4 Å². The van der Waals surface area contributed by atoms with Crippen LogP contribution in [0.2, 0.25) is 0 Å². The Morgan fingerprint density at radius 1 is 1.00 bits per heavy atom. The molecule has 1 unspecified atom stereocenters. The molecule has 1 aromatic carbocycles. The van der Waals surface area contributed by atoms with Crippen molar-refractivity contribution in [3.63, 3.8) is 0 Å². The van der Waals surface area contributed by atoms with Crippen molar-refractivity contribution in [1.82, 2.24) is 14.9 Å². The number of carbonyl (C=O) groups is 1. The van der Waals surface area contributed by atoms with Crippen LogP contribution in [-0.2, 0) is 4.79 Å². The molecule has 2 aromatic rings. The molecule has 138 valence electrons. The fourth-order valence-corrected chi connectivity index (χ4v) is 3.13. The minimum Gasteiger partial charge on any atom is -0.374 e. The number of nitrogens with one attached hydrogen (secondary N) is 1. The summed E-state index contributed by atoms with van der Waals surface area (Å²) in [5, 5.41) is 3.32. The Morgan fingerprint density at radius 2 is 1.62 bits per heavy atom. The van der Waals surface area contributed by atoms with Gasteiger partial charge in [0.15, 0.2) is 0 Å². The van der Waals surface area contributed by atoms with Crippen LogP contribution in [0, 0.1) is 0 Å². The van der Waals surface area contributed by atoms with Crippen LogP contribution in [0.1, 0.15) is 32.3 Å². The zero-order chi connectivity index (χ0) is 18.5. The number of benzene rings is 1. The molecule has 1 aliphatic rings. The first-order valence-electron chi connectivity index (χ1n) is 9.22. The standard InChI is InChI=1S/C20H27N5O/c1-15(2)17-5-7-18(8-6-17)23-16(3)19(26)24-11-13-25(14-12-24)20-21-9-4-10-22-20/h4-10,15-16,23H,11-14H2,1-3H3. The van der Waals surface area contributed by atoms with Crippen molar-refractivity contribution in [3.8, 4) is 0 Å². The Balaban J connectivity index is 1.53. The van der Waals surface area contributed by atoms with Gasteiger partial charge in [-0.2, -0.15) is 0 Å². The molecule has 0 radical (unpaired) electrons. The number of carbonyl (C=O) groups excluding carboxylic acids is 1. The molecule has 0 spiro atoms. The molecule has 1 atom stereocenters. The molecule has 26 heavy (non-hydrogen) atoms. The van der Waals surface area contributed by atoms with Gasteiger partial charge < -0.3 is 15.1 Å². The quantitative estimate of drug-likeness (QED) is 0.896. The highest BCUT2D eigenvalue weighted by atomic mass is 16.2. The Morgan fingerprint density at radius 3 is 2.19 bits per heavy atom. The third kappa shape index (κ3) is 4.31. The van der Waals surface area contributed by atoms with Crippen LogP contribution >= 0.6 is 0 Å². The SMILES string of the molecule is CC(Nc1ccc(C(C)C)cc1)C(=O)N1CCN(c2ncccn2)CC1. The van der Waals surface area contributed by atoms with E-state index in [0.29, 0.717) is 19.0 Å². The summed E-state index contributed by atoms with van der Waals surface area (Å²) in [6, 6.07) is 9.88. The normalized spacial score (nSPS) is 15.8. The van der Waals surface area contributed by atoms with Gasteiger partial charge in [-0.3, -0.25) is 4.79 Å². The largest absolute Gasteiger partial charge is 0.374 e. The van der Waals surface area contributed by atoms with E-state index in [1.807, 2.05) is 30.0 Å². The number of aromatic nitrogens is 2. The summed E-state index contributed by atoms with van der Waals surface area (Å²) >= 11 is 0. The van der Waals surface area contributed by atoms with Gasteiger partial charge in [0.25, 0.3) is 0 Å². The maximum atomic E-state index is 12.7. The molecule has 1 aromatic heterocycles. The second-order valence-corrected chi connectivity index (χ2v) is 7.00. The van der Waals surface area contributed by atoms with Gasteiger partial charge >= 0.3 is 0 Å². The molecular weight excluding hydrogens is 326 g/mol. The van der Waals surface area contributed by atoms with Gasteiger partial charge in [0.05, 0.1) is 0 Å². The molecule has 1 saturated heterocycles. The van der Waals surface area contributed by atoms with E-state index in [9.17, 15) is 4.79 Å². The van der Waals surface area contributed by atoms with E-state index < -0.39 is 0 Å². The summed E-state index contributed by atoms with van der Waals surface area (Å²) in [6.45, 7) is 9.16. The van der Waals surface area contributed by atoms with Crippen molar-refractivity contribution >= 4 is 17.5 Å². The molecule has 0 aliphatic carbocycles. The third-order valence-electron chi connectivity index (χ3n) is 4.76. The number of amides is 1. The summed E-state index contributed by atoms with van der Waals surface area (Å²) in [5.74, 6) is 1.37. The Kier molecular flexibility index (Phi) is 5.71. The second-order valence-electron chi connectivity index (χ2n) is 7.00. The summed E-state index contributed by atoms with van der Waals surface area (Å²) in [6.07, 6.45) is 3.49. The van der Waals surface area contributed by atoms with Crippen LogP contribution in [-0.4, -0.2) is 53.0 Å². The average Bonchev–Trinajstić information content (AvgIpc) is 2.68. The zero-order valence-corrected chi connectivity index (χ0v) is 15.7. The summed E-state index contributed by atoms with van der Waals surface area (Å²) in [5.41, 5.74) is 2.28. The van der Waals surface area contributed by atoms with Gasteiger partial charge in [-0.15, -0.1) is 0 Å². The first kappa shape index (κ1) is 18.2. The number of piperazine rings is 1. The monoisotopic (exact) mass is 353 g/mol. The molecule has 1 aliphatic heterocycles. The fourth-order valence-electron chi connectivity index (χ4n) is 3.13. The molecule has 0 bridgehead atoms. The summed E-state index contributed by atoms with van der Waals surface area (Å²) in [7, 11) is 0. The molecule has 0 saturated carbocycles. The number of rotatable bonds is 5. The molecular formula is C20H27N5O. The lowest BCUT2D eigenvalue weighted by atomic mass is 10.0. The number of hydrogen-bond donors (Lipinski definition) is 1. The van der Waals surface area contributed by atoms with Crippen LogP contribution in [0.4, 0.5) is 11.6 Å². The molecule has 1 amide bonds. The predicted octanol–water partition coefficient (Wildman–Crippen LogP) is 2.75. The Bertz CT molecular complexity index is 709. The van der Waals surface area contributed by atoms with Crippen molar-refractivity contribution in [1.29, 1.82) is 0 Å².